The number of carboxylic acids is 1. The van der Waals surface area contributed by atoms with Crippen molar-refractivity contribution in [3.8, 4) is 0 Å². The normalized spacial score (nSPS) is 12.6. The van der Waals surface area contributed by atoms with Crippen LogP contribution in [0.1, 0.15) is 42.7 Å². The minimum Gasteiger partial charge on any atom is -0.480 e. The second-order valence-electron chi connectivity index (χ2n) is 4.69. The van der Waals surface area contributed by atoms with Crippen LogP contribution in [0.4, 0.5) is 0 Å². The lowest BCUT2D eigenvalue weighted by molar-refractivity contribution is -0.141. The van der Waals surface area contributed by atoms with Gasteiger partial charge in [-0.15, -0.1) is 0 Å². The van der Waals surface area contributed by atoms with E-state index in [-0.39, 0.29) is 11.8 Å². The lowest BCUT2D eigenvalue weighted by Crippen LogP contribution is -2.40. The topological polar surface area (TPSA) is 75.4 Å². The molecule has 6 nitrogen and oxygen atoms in total. The van der Waals surface area contributed by atoms with Crippen molar-refractivity contribution in [2.24, 2.45) is 7.05 Å². The summed E-state index contributed by atoms with van der Waals surface area (Å²) in [7, 11) is 3.22. The van der Waals surface area contributed by atoms with Crippen molar-refractivity contribution in [2.45, 2.75) is 32.7 Å². The molecule has 100 valence electrons. The predicted octanol–water partition coefficient (Wildman–Crippen LogP) is 1.09. The van der Waals surface area contributed by atoms with E-state index < -0.39 is 12.0 Å². The Kier molecular flexibility index (Phi) is 4.11. The maximum Gasteiger partial charge on any atom is 0.326 e. The molecule has 0 fully saturated rings. The predicted molar refractivity (Wildman–Crippen MR) is 66.5 cm³/mol. The number of aromatic nitrogens is 2. The standard InChI is InChI=1S/C12H19N3O3/c1-7(2)10-9(6-14(4)13-10)11(16)15(5)8(3)12(17)18/h6-8H,1-5H3,(H,17,18). The average Bonchev–Trinajstić information content (AvgIpc) is 2.68. The molecule has 0 radical (unpaired) electrons. The molecule has 1 aromatic rings. The van der Waals surface area contributed by atoms with Gasteiger partial charge in [0.1, 0.15) is 6.04 Å². The Hall–Kier alpha value is -1.85. The number of hydrogen-bond donors (Lipinski definition) is 1. The first-order valence-electron chi connectivity index (χ1n) is 5.79. The number of aryl methyl sites for hydroxylation is 1. The largest absolute Gasteiger partial charge is 0.480 e. The van der Waals surface area contributed by atoms with Crippen LogP contribution in [0.2, 0.25) is 0 Å². The Balaban J connectivity index is 3.07. The molecule has 0 aliphatic rings. The molecule has 0 bridgehead atoms. The molecule has 1 atom stereocenters. The van der Waals surface area contributed by atoms with Crippen LogP contribution in [0.15, 0.2) is 6.20 Å². The van der Waals surface area contributed by atoms with Crippen LogP contribution in [0.3, 0.4) is 0 Å². The first kappa shape index (κ1) is 14.2. The van der Waals surface area contributed by atoms with E-state index in [9.17, 15) is 9.59 Å². The highest BCUT2D eigenvalue weighted by molar-refractivity contribution is 5.97. The molecule has 1 N–H and O–H groups in total. The van der Waals surface area contributed by atoms with E-state index >= 15 is 0 Å². The Labute approximate surface area is 106 Å². The van der Waals surface area contributed by atoms with E-state index in [1.165, 1.54) is 18.9 Å². The van der Waals surface area contributed by atoms with Crippen LogP contribution < -0.4 is 0 Å². The molecule has 0 saturated heterocycles. The summed E-state index contributed by atoms with van der Waals surface area (Å²) in [4.78, 5) is 24.3. The van der Waals surface area contributed by atoms with Gasteiger partial charge in [-0.3, -0.25) is 9.48 Å². The molecule has 0 spiro atoms. The van der Waals surface area contributed by atoms with Gasteiger partial charge in [0.05, 0.1) is 11.3 Å². The number of likely N-dealkylation sites (N-methyl/N-ethyl adjacent to an activating group) is 1. The molecule has 1 heterocycles. The van der Waals surface area contributed by atoms with Crippen LogP contribution in [0.5, 0.6) is 0 Å². The molecule has 1 rings (SSSR count). The Morgan fingerprint density at radius 3 is 2.39 bits per heavy atom. The Morgan fingerprint density at radius 1 is 1.39 bits per heavy atom. The monoisotopic (exact) mass is 253 g/mol. The smallest absolute Gasteiger partial charge is 0.326 e. The van der Waals surface area contributed by atoms with Crippen molar-refractivity contribution < 1.29 is 14.7 Å². The molecule has 1 aromatic heterocycles. The molecule has 6 heteroatoms. The molecule has 1 unspecified atom stereocenters. The summed E-state index contributed by atoms with van der Waals surface area (Å²) in [6.07, 6.45) is 1.63. The molecule has 0 aliphatic heterocycles. The van der Waals surface area contributed by atoms with Crippen molar-refractivity contribution in [3.63, 3.8) is 0 Å². The van der Waals surface area contributed by atoms with Gasteiger partial charge >= 0.3 is 5.97 Å². The van der Waals surface area contributed by atoms with Gasteiger partial charge in [-0.1, -0.05) is 13.8 Å². The van der Waals surface area contributed by atoms with Gasteiger partial charge in [0.25, 0.3) is 5.91 Å². The number of amides is 1. The SMILES string of the molecule is CC(C)c1nn(C)cc1C(=O)N(C)C(C)C(=O)O. The summed E-state index contributed by atoms with van der Waals surface area (Å²) < 4.78 is 1.57. The van der Waals surface area contributed by atoms with Gasteiger partial charge in [0.15, 0.2) is 0 Å². The maximum atomic E-state index is 12.2. The quantitative estimate of drug-likeness (QED) is 0.871. The zero-order valence-corrected chi connectivity index (χ0v) is 11.3. The van der Waals surface area contributed by atoms with Gasteiger partial charge in [-0.25, -0.2) is 4.79 Å². The fraction of sp³-hybridized carbons (Fsp3) is 0.583. The maximum absolute atomic E-state index is 12.2. The van der Waals surface area contributed by atoms with Crippen molar-refractivity contribution in [1.29, 1.82) is 0 Å². The van der Waals surface area contributed by atoms with Crippen LogP contribution in [0.25, 0.3) is 0 Å². The van der Waals surface area contributed by atoms with Crippen molar-refractivity contribution >= 4 is 11.9 Å². The summed E-state index contributed by atoms with van der Waals surface area (Å²) in [5, 5.41) is 13.2. The molecule has 0 saturated carbocycles. The summed E-state index contributed by atoms with van der Waals surface area (Å²) in [5.41, 5.74) is 1.15. The van der Waals surface area contributed by atoms with Gasteiger partial charge in [-0.2, -0.15) is 5.10 Å². The van der Waals surface area contributed by atoms with E-state index in [2.05, 4.69) is 5.10 Å². The third kappa shape index (κ3) is 2.69. The number of carbonyl (C=O) groups is 2. The number of hydrogen-bond acceptors (Lipinski definition) is 3. The minimum atomic E-state index is -1.03. The third-order valence-electron chi connectivity index (χ3n) is 2.89. The number of nitrogens with zero attached hydrogens (tertiary/aromatic N) is 3. The summed E-state index contributed by atoms with van der Waals surface area (Å²) >= 11 is 0. The molecule has 1 amide bonds. The van der Waals surface area contributed by atoms with Crippen molar-refractivity contribution in [3.05, 3.63) is 17.5 Å². The van der Waals surface area contributed by atoms with Crippen molar-refractivity contribution in [1.82, 2.24) is 14.7 Å². The van der Waals surface area contributed by atoms with E-state index in [0.717, 1.165) is 0 Å². The van der Waals surface area contributed by atoms with Crippen molar-refractivity contribution in [2.75, 3.05) is 7.05 Å². The average molecular weight is 253 g/mol. The highest BCUT2D eigenvalue weighted by Crippen LogP contribution is 2.19. The number of aliphatic carboxylic acids is 1. The van der Waals surface area contributed by atoms with Gasteiger partial charge in [0.2, 0.25) is 0 Å². The molecular weight excluding hydrogens is 234 g/mol. The first-order valence-corrected chi connectivity index (χ1v) is 5.79. The van der Waals surface area contributed by atoms with Crippen LogP contribution in [-0.2, 0) is 11.8 Å². The molecule has 0 aromatic carbocycles. The molecular formula is C12H19N3O3. The second kappa shape index (κ2) is 5.20. The van der Waals surface area contributed by atoms with Gasteiger partial charge in [0, 0.05) is 20.3 Å². The molecule has 18 heavy (non-hydrogen) atoms. The number of carbonyl (C=O) groups excluding carboxylic acids is 1. The van der Waals surface area contributed by atoms with Gasteiger partial charge in [-0.05, 0) is 12.8 Å². The molecule has 0 aliphatic carbocycles. The lowest BCUT2D eigenvalue weighted by Gasteiger charge is -2.21. The first-order chi connectivity index (χ1) is 8.25. The van der Waals surface area contributed by atoms with Gasteiger partial charge < -0.3 is 10.0 Å². The zero-order chi connectivity index (χ0) is 14.0. The summed E-state index contributed by atoms with van der Waals surface area (Å²) in [5.74, 6) is -1.23. The van der Waals surface area contributed by atoms with E-state index in [1.807, 2.05) is 13.8 Å². The number of carboxylic acid groups (broad SMARTS) is 1. The third-order valence-corrected chi connectivity index (χ3v) is 2.89. The van der Waals surface area contributed by atoms with E-state index in [4.69, 9.17) is 5.11 Å². The summed E-state index contributed by atoms with van der Waals surface area (Å²) in [6, 6.07) is -0.863. The zero-order valence-electron chi connectivity index (χ0n) is 11.3. The second-order valence-corrected chi connectivity index (χ2v) is 4.69. The van der Waals surface area contributed by atoms with E-state index in [1.54, 1.807) is 17.9 Å². The fourth-order valence-corrected chi connectivity index (χ4v) is 1.63. The van der Waals surface area contributed by atoms with Crippen LogP contribution in [0, 0.1) is 0 Å². The summed E-state index contributed by atoms with van der Waals surface area (Å²) in [6.45, 7) is 5.37. The Morgan fingerprint density at radius 2 is 1.94 bits per heavy atom. The Bertz CT molecular complexity index is 465. The minimum absolute atomic E-state index is 0.110. The highest BCUT2D eigenvalue weighted by atomic mass is 16.4. The highest BCUT2D eigenvalue weighted by Gasteiger charge is 2.26. The number of rotatable bonds is 4. The lowest BCUT2D eigenvalue weighted by atomic mass is 10.1. The van der Waals surface area contributed by atoms with Crippen LogP contribution >= 0.6 is 0 Å². The van der Waals surface area contributed by atoms with Crippen LogP contribution in [-0.4, -0.2) is 44.8 Å². The van der Waals surface area contributed by atoms with E-state index in [0.29, 0.717) is 11.3 Å². The fourth-order valence-electron chi connectivity index (χ4n) is 1.63.